The topological polar surface area (TPSA) is 26.3 Å². The number of fused-ring (bicyclic) bond motifs is 2. The Hall–Kier alpha value is -0.530. The average molecular weight is 280 g/mol. The molecule has 2 aliphatic rings. The first-order valence-electron chi connectivity index (χ1n) is 8.27. The molecule has 0 aliphatic heterocycles. The molecule has 20 heavy (non-hydrogen) atoms. The largest absolute Gasteiger partial charge is 0.462 e. The van der Waals surface area contributed by atoms with E-state index in [-0.39, 0.29) is 28.8 Å². The van der Waals surface area contributed by atoms with Gasteiger partial charge in [0.25, 0.3) is 0 Å². The number of carbonyl (C=O) groups is 1. The molecule has 4 atom stereocenters. The molecule has 2 nitrogen and oxygen atoms in total. The molecule has 2 fully saturated rings. The summed E-state index contributed by atoms with van der Waals surface area (Å²) in [4.78, 5) is 12.7. The highest BCUT2D eigenvalue weighted by molar-refractivity contribution is 5.73. The summed E-state index contributed by atoms with van der Waals surface area (Å²) >= 11 is 0. The Morgan fingerprint density at radius 2 is 1.75 bits per heavy atom. The van der Waals surface area contributed by atoms with Crippen molar-refractivity contribution in [2.24, 2.45) is 28.6 Å². The van der Waals surface area contributed by atoms with Crippen LogP contribution in [0.15, 0.2) is 0 Å². The van der Waals surface area contributed by atoms with Gasteiger partial charge in [-0.1, -0.05) is 41.5 Å². The molecule has 0 aromatic rings. The summed E-state index contributed by atoms with van der Waals surface area (Å²) < 4.78 is 5.94. The van der Waals surface area contributed by atoms with Crippen molar-refractivity contribution in [1.82, 2.24) is 0 Å². The van der Waals surface area contributed by atoms with Gasteiger partial charge in [-0.2, -0.15) is 0 Å². The number of hydrogen-bond acceptors (Lipinski definition) is 2. The molecule has 2 rings (SSSR count). The lowest BCUT2D eigenvalue weighted by Crippen LogP contribution is -2.36. The summed E-state index contributed by atoms with van der Waals surface area (Å²) in [5, 5.41) is 0. The van der Waals surface area contributed by atoms with E-state index in [1.165, 1.54) is 19.3 Å². The Kier molecular flexibility index (Phi) is 4.24. The van der Waals surface area contributed by atoms with E-state index in [0.29, 0.717) is 5.92 Å². The molecular weight excluding hydrogens is 248 g/mol. The highest BCUT2D eigenvalue weighted by atomic mass is 16.5. The van der Waals surface area contributed by atoms with E-state index < -0.39 is 0 Å². The molecule has 2 saturated carbocycles. The minimum Gasteiger partial charge on any atom is -0.462 e. The molecule has 0 spiro atoms. The van der Waals surface area contributed by atoms with E-state index in [0.717, 1.165) is 18.8 Å². The van der Waals surface area contributed by atoms with Gasteiger partial charge in [0.1, 0.15) is 6.10 Å². The van der Waals surface area contributed by atoms with Gasteiger partial charge in [0.2, 0.25) is 0 Å². The third-order valence-corrected chi connectivity index (χ3v) is 5.09. The molecule has 0 N–H and O–H groups in total. The lowest BCUT2D eigenvalue weighted by molar-refractivity contribution is -0.162. The average Bonchev–Trinajstić information content (AvgIpc) is 2.84. The SMILES string of the molecule is CC(C)(C)CC(C(=O)OC1CC2CCC1C2)C(C)(C)C. The van der Waals surface area contributed by atoms with Crippen molar-refractivity contribution in [3.63, 3.8) is 0 Å². The molecule has 0 saturated heterocycles. The predicted octanol–water partition coefficient (Wildman–Crippen LogP) is 4.82. The smallest absolute Gasteiger partial charge is 0.309 e. The third kappa shape index (κ3) is 3.77. The highest BCUT2D eigenvalue weighted by Gasteiger charge is 2.44. The van der Waals surface area contributed by atoms with Crippen LogP contribution in [0.2, 0.25) is 0 Å². The van der Waals surface area contributed by atoms with Crippen LogP contribution in [0.5, 0.6) is 0 Å². The first-order chi connectivity index (χ1) is 9.06. The first kappa shape index (κ1) is 15.9. The Bertz CT molecular complexity index is 359. The van der Waals surface area contributed by atoms with Crippen LogP contribution in [0.4, 0.5) is 0 Å². The van der Waals surface area contributed by atoms with Gasteiger partial charge in [-0.3, -0.25) is 4.79 Å². The van der Waals surface area contributed by atoms with E-state index in [1.807, 2.05) is 0 Å². The minimum atomic E-state index is -0.0258. The zero-order valence-corrected chi connectivity index (χ0v) is 14.2. The normalized spacial score (nSPS) is 31.4. The molecule has 0 aromatic heterocycles. The molecule has 116 valence electrons. The zero-order valence-electron chi connectivity index (χ0n) is 14.2. The minimum absolute atomic E-state index is 0.00151. The quantitative estimate of drug-likeness (QED) is 0.693. The second-order valence-corrected chi connectivity index (χ2v) is 9.33. The number of hydrogen-bond donors (Lipinski definition) is 0. The Labute approximate surface area is 124 Å². The molecule has 0 amide bonds. The maximum Gasteiger partial charge on any atom is 0.309 e. The summed E-state index contributed by atoms with van der Waals surface area (Å²) in [5.74, 6) is 1.53. The fourth-order valence-corrected chi connectivity index (χ4v) is 3.92. The van der Waals surface area contributed by atoms with Crippen molar-refractivity contribution in [3.05, 3.63) is 0 Å². The van der Waals surface area contributed by atoms with Crippen LogP contribution in [-0.2, 0) is 9.53 Å². The molecule has 2 bridgehead atoms. The maximum atomic E-state index is 12.7. The van der Waals surface area contributed by atoms with Crippen LogP contribution in [-0.4, -0.2) is 12.1 Å². The second kappa shape index (κ2) is 5.35. The number of esters is 1. The molecule has 4 unspecified atom stereocenters. The van der Waals surface area contributed by atoms with E-state index >= 15 is 0 Å². The monoisotopic (exact) mass is 280 g/mol. The van der Waals surface area contributed by atoms with Crippen molar-refractivity contribution in [3.8, 4) is 0 Å². The van der Waals surface area contributed by atoms with Gasteiger partial charge in [-0.05, 0) is 54.8 Å². The first-order valence-corrected chi connectivity index (χ1v) is 8.27. The van der Waals surface area contributed by atoms with Gasteiger partial charge in [-0.25, -0.2) is 0 Å². The molecule has 2 aliphatic carbocycles. The van der Waals surface area contributed by atoms with Crippen molar-refractivity contribution in [2.75, 3.05) is 0 Å². The van der Waals surface area contributed by atoms with E-state index in [9.17, 15) is 4.79 Å². The summed E-state index contributed by atoms with van der Waals surface area (Å²) in [6.45, 7) is 13.1. The van der Waals surface area contributed by atoms with E-state index in [1.54, 1.807) is 0 Å². The van der Waals surface area contributed by atoms with Crippen LogP contribution in [0, 0.1) is 28.6 Å². The summed E-state index contributed by atoms with van der Waals surface area (Å²) in [6, 6.07) is 0. The molecule has 2 heteroatoms. The Morgan fingerprint density at radius 1 is 1.10 bits per heavy atom. The van der Waals surface area contributed by atoms with Crippen LogP contribution >= 0.6 is 0 Å². The fraction of sp³-hybridized carbons (Fsp3) is 0.944. The zero-order chi connectivity index (χ0) is 15.1. The van der Waals surface area contributed by atoms with Gasteiger partial charge in [0, 0.05) is 0 Å². The third-order valence-electron chi connectivity index (χ3n) is 5.09. The van der Waals surface area contributed by atoms with Crippen LogP contribution in [0.25, 0.3) is 0 Å². The lowest BCUT2D eigenvalue weighted by Gasteiger charge is -2.35. The Balaban J connectivity index is 2.00. The summed E-state index contributed by atoms with van der Waals surface area (Å²) in [5.41, 5.74) is 0.133. The van der Waals surface area contributed by atoms with Crippen molar-refractivity contribution in [2.45, 2.75) is 79.8 Å². The van der Waals surface area contributed by atoms with E-state index in [2.05, 4.69) is 41.5 Å². The number of rotatable bonds is 3. The highest BCUT2D eigenvalue weighted by Crippen LogP contribution is 2.47. The van der Waals surface area contributed by atoms with Crippen molar-refractivity contribution >= 4 is 5.97 Å². The van der Waals surface area contributed by atoms with E-state index in [4.69, 9.17) is 4.74 Å². The van der Waals surface area contributed by atoms with Crippen LogP contribution < -0.4 is 0 Å². The van der Waals surface area contributed by atoms with Crippen LogP contribution in [0.3, 0.4) is 0 Å². The van der Waals surface area contributed by atoms with Gasteiger partial charge >= 0.3 is 5.97 Å². The second-order valence-electron chi connectivity index (χ2n) is 9.33. The van der Waals surface area contributed by atoms with Gasteiger partial charge in [0.15, 0.2) is 0 Å². The number of carbonyl (C=O) groups excluding carboxylic acids is 1. The predicted molar refractivity (Wildman–Crippen MR) is 82.3 cm³/mol. The van der Waals surface area contributed by atoms with Crippen LogP contribution in [0.1, 0.15) is 73.6 Å². The molecule has 0 radical (unpaired) electrons. The Morgan fingerprint density at radius 3 is 2.15 bits per heavy atom. The maximum absolute atomic E-state index is 12.7. The fourth-order valence-electron chi connectivity index (χ4n) is 3.92. The molecule has 0 aromatic carbocycles. The van der Waals surface area contributed by atoms with Crippen molar-refractivity contribution in [1.29, 1.82) is 0 Å². The van der Waals surface area contributed by atoms with Gasteiger partial charge in [0.05, 0.1) is 5.92 Å². The summed E-state index contributed by atoms with van der Waals surface area (Å²) in [6.07, 6.45) is 6.13. The molecular formula is C18H32O2. The summed E-state index contributed by atoms with van der Waals surface area (Å²) in [7, 11) is 0. The van der Waals surface area contributed by atoms with Crippen molar-refractivity contribution < 1.29 is 9.53 Å². The van der Waals surface area contributed by atoms with Gasteiger partial charge < -0.3 is 4.74 Å². The van der Waals surface area contributed by atoms with Gasteiger partial charge in [-0.15, -0.1) is 0 Å². The lowest BCUT2D eigenvalue weighted by atomic mass is 9.72. The molecule has 0 heterocycles. The standard InChI is InChI=1S/C18H32O2/c1-17(2,3)11-14(18(4,5)6)16(19)20-15-10-12-7-8-13(15)9-12/h12-15H,7-11H2,1-6H3. The number of ether oxygens (including phenoxy) is 1.